The molecule has 0 amide bonds. The molecule has 0 fully saturated rings. The predicted molar refractivity (Wildman–Crippen MR) is 33.7 cm³/mol. The van der Waals surface area contributed by atoms with Gasteiger partial charge in [0.05, 0.1) is 6.20 Å². The van der Waals surface area contributed by atoms with Crippen LogP contribution in [0.2, 0.25) is 0 Å². The van der Waals surface area contributed by atoms with Crippen LogP contribution in [0.25, 0.3) is 0 Å². The van der Waals surface area contributed by atoms with Gasteiger partial charge >= 0.3 is 11.9 Å². The number of hydrogen-bond donors (Lipinski definition) is 2. The summed E-state index contributed by atoms with van der Waals surface area (Å²) in [6, 6.07) is 0. The molecule has 0 saturated heterocycles. The molecule has 0 aliphatic carbocycles. The van der Waals surface area contributed by atoms with E-state index in [0.717, 1.165) is 6.20 Å². The van der Waals surface area contributed by atoms with Crippen LogP contribution < -0.4 is 0 Å². The lowest BCUT2D eigenvalue weighted by molar-refractivity contribution is 0.0677. The molecule has 1 heterocycles. The van der Waals surface area contributed by atoms with Crippen molar-refractivity contribution in [2.24, 2.45) is 0 Å². The summed E-state index contributed by atoms with van der Waals surface area (Å²) in [6.45, 7) is 0. The molecule has 1 aromatic rings. The third-order valence-electron chi connectivity index (χ3n) is 0.969. The predicted octanol–water partition coefficient (Wildman–Crippen LogP) is -0.732. The molecule has 1 rings (SSSR count). The van der Waals surface area contributed by atoms with Crippen molar-refractivity contribution in [1.82, 2.24) is 15.2 Å². The van der Waals surface area contributed by atoms with Crippen LogP contribution >= 0.6 is 0 Å². The van der Waals surface area contributed by atoms with E-state index < -0.39 is 23.5 Å². The van der Waals surface area contributed by atoms with Crippen LogP contribution in [-0.4, -0.2) is 37.3 Å². The van der Waals surface area contributed by atoms with Gasteiger partial charge in [-0.25, -0.2) is 14.6 Å². The zero-order valence-electron chi connectivity index (χ0n) is 5.63. The lowest BCUT2D eigenvalue weighted by atomic mass is 10.4. The first-order chi connectivity index (χ1) is 5.61. The fourth-order valence-corrected chi connectivity index (χ4v) is 0.497. The quantitative estimate of drug-likeness (QED) is 0.599. The molecule has 7 heteroatoms. The van der Waals surface area contributed by atoms with Gasteiger partial charge in [-0.05, 0) is 0 Å². The molecule has 0 aromatic carbocycles. The molecule has 0 bridgehead atoms. The molecule has 62 valence electrons. The van der Waals surface area contributed by atoms with E-state index in [1.54, 1.807) is 0 Å². The molecule has 0 radical (unpaired) electrons. The monoisotopic (exact) mass is 169 g/mol. The lowest BCUT2D eigenvalue weighted by Crippen LogP contribution is -2.10. The number of hydrogen-bond acceptors (Lipinski definition) is 5. The second kappa shape index (κ2) is 2.91. The molecule has 0 aliphatic heterocycles. The molecule has 12 heavy (non-hydrogen) atoms. The summed E-state index contributed by atoms with van der Waals surface area (Å²) in [5.74, 6) is -3.38. The van der Waals surface area contributed by atoms with Crippen LogP contribution in [0.15, 0.2) is 6.20 Å². The normalized spacial score (nSPS) is 9.33. The van der Waals surface area contributed by atoms with E-state index in [-0.39, 0.29) is 0 Å². The van der Waals surface area contributed by atoms with Crippen LogP contribution in [0.1, 0.15) is 21.1 Å². The highest BCUT2D eigenvalue weighted by Crippen LogP contribution is 1.92. The summed E-state index contributed by atoms with van der Waals surface area (Å²) >= 11 is 0. The second-order valence-corrected chi connectivity index (χ2v) is 1.78. The van der Waals surface area contributed by atoms with Gasteiger partial charge in [0, 0.05) is 0 Å². The summed E-state index contributed by atoms with van der Waals surface area (Å²) in [7, 11) is 0. The van der Waals surface area contributed by atoms with E-state index in [2.05, 4.69) is 15.2 Å². The highest BCUT2D eigenvalue weighted by molar-refractivity contribution is 5.87. The van der Waals surface area contributed by atoms with Crippen LogP contribution in [-0.2, 0) is 0 Å². The number of rotatable bonds is 2. The van der Waals surface area contributed by atoms with Crippen molar-refractivity contribution in [2.75, 3.05) is 0 Å². The van der Waals surface area contributed by atoms with Crippen LogP contribution in [0.5, 0.6) is 0 Å². The summed E-state index contributed by atoms with van der Waals surface area (Å²) in [6.07, 6.45) is 0.870. The first-order valence-electron chi connectivity index (χ1n) is 2.77. The summed E-state index contributed by atoms with van der Waals surface area (Å²) < 4.78 is 0. The first kappa shape index (κ1) is 8.05. The number of aromatic nitrogens is 3. The minimum absolute atomic E-state index is 0.442. The third kappa shape index (κ3) is 1.51. The number of carboxylic acids is 2. The van der Waals surface area contributed by atoms with Gasteiger partial charge in [0.2, 0.25) is 0 Å². The molecule has 0 aliphatic rings. The fraction of sp³-hybridized carbons (Fsp3) is 0. The number of carboxylic acid groups (broad SMARTS) is 2. The van der Waals surface area contributed by atoms with Crippen molar-refractivity contribution in [3.8, 4) is 0 Å². The van der Waals surface area contributed by atoms with Gasteiger partial charge in [0.1, 0.15) is 0 Å². The van der Waals surface area contributed by atoms with Crippen LogP contribution in [0.3, 0.4) is 0 Å². The van der Waals surface area contributed by atoms with Crippen LogP contribution in [0.4, 0.5) is 0 Å². The van der Waals surface area contributed by atoms with Crippen molar-refractivity contribution < 1.29 is 19.8 Å². The van der Waals surface area contributed by atoms with Gasteiger partial charge in [0.25, 0.3) is 5.82 Å². The lowest BCUT2D eigenvalue weighted by Gasteiger charge is -1.92. The van der Waals surface area contributed by atoms with Crippen LogP contribution in [0, 0.1) is 0 Å². The smallest absolute Gasteiger partial charge is 0.375 e. The highest BCUT2D eigenvalue weighted by Gasteiger charge is 2.11. The van der Waals surface area contributed by atoms with E-state index >= 15 is 0 Å². The standard InChI is InChI=1S/C5H3N3O4/c9-4(10)2-1-6-8-3(7-2)5(11)12/h1H,(H,9,10)(H,11,12). The van der Waals surface area contributed by atoms with Gasteiger partial charge in [0.15, 0.2) is 5.69 Å². The van der Waals surface area contributed by atoms with Crippen molar-refractivity contribution in [3.63, 3.8) is 0 Å². The Morgan fingerprint density at radius 2 is 1.92 bits per heavy atom. The average molecular weight is 169 g/mol. The minimum Gasteiger partial charge on any atom is -0.476 e. The highest BCUT2D eigenvalue weighted by atomic mass is 16.4. The summed E-state index contributed by atoms with van der Waals surface area (Å²) in [5, 5.41) is 23.0. The van der Waals surface area contributed by atoms with E-state index in [0.29, 0.717) is 0 Å². The van der Waals surface area contributed by atoms with E-state index in [1.165, 1.54) is 0 Å². The van der Waals surface area contributed by atoms with E-state index in [9.17, 15) is 9.59 Å². The maximum absolute atomic E-state index is 10.3. The fourth-order valence-electron chi connectivity index (χ4n) is 0.497. The number of nitrogens with zero attached hydrogens (tertiary/aromatic N) is 3. The minimum atomic E-state index is -1.41. The van der Waals surface area contributed by atoms with Gasteiger partial charge in [-0.2, -0.15) is 5.10 Å². The Morgan fingerprint density at radius 1 is 1.25 bits per heavy atom. The Morgan fingerprint density at radius 3 is 2.42 bits per heavy atom. The third-order valence-corrected chi connectivity index (χ3v) is 0.969. The van der Waals surface area contributed by atoms with Gasteiger partial charge in [-0.3, -0.25) is 0 Å². The van der Waals surface area contributed by atoms with Crippen molar-refractivity contribution in [1.29, 1.82) is 0 Å². The number of aromatic carboxylic acids is 2. The molecule has 0 saturated carbocycles. The Bertz CT molecular complexity index is 308. The van der Waals surface area contributed by atoms with E-state index in [4.69, 9.17) is 10.2 Å². The molecule has 0 spiro atoms. The van der Waals surface area contributed by atoms with Crippen molar-refractivity contribution in [2.45, 2.75) is 0 Å². The molecule has 7 nitrogen and oxygen atoms in total. The molecule has 0 unspecified atom stereocenters. The number of carbonyl (C=O) groups is 2. The Labute approximate surface area is 65.7 Å². The van der Waals surface area contributed by atoms with Crippen molar-refractivity contribution in [3.05, 3.63) is 17.7 Å². The maximum Gasteiger partial charge on any atom is 0.375 e. The zero-order valence-corrected chi connectivity index (χ0v) is 5.63. The second-order valence-electron chi connectivity index (χ2n) is 1.78. The Balaban J connectivity index is 3.12. The summed E-state index contributed by atoms with van der Waals surface area (Å²) in [4.78, 5) is 23.7. The Kier molecular flexibility index (Phi) is 1.95. The molecule has 0 atom stereocenters. The Hall–Kier alpha value is -2.05. The van der Waals surface area contributed by atoms with Crippen molar-refractivity contribution >= 4 is 11.9 Å². The molecular weight excluding hydrogens is 166 g/mol. The maximum atomic E-state index is 10.3. The first-order valence-corrected chi connectivity index (χ1v) is 2.77. The van der Waals surface area contributed by atoms with Gasteiger partial charge in [-0.15, -0.1) is 5.10 Å². The summed E-state index contributed by atoms with van der Waals surface area (Å²) in [5.41, 5.74) is -0.442. The average Bonchev–Trinajstić information content (AvgIpc) is 2.04. The van der Waals surface area contributed by atoms with E-state index in [1.807, 2.05) is 0 Å². The molecular formula is C5H3N3O4. The molecule has 2 N–H and O–H groups in total. The topological polar surface area (TPSA) is 113 Å². The van der Waals surface area contributed by atoms with Gasteiger partial charge in [-0.1, -0.05) is 0 Å². The zero-order chi connectivity index (χ0) is 9.14. The largest absolute Gasteiger partial charge is 0.476 e. The van der Waals surface area contributed by atoms with Gasteiger partial charge < -0.3 is 10.2 Å². The molecule has 1 aromatic heterocycles. The SMILES string of the molecule is O=C(O)c1cnnc(C(=O)O)n1.